The predicted octanol–water partition coefficient (Wildman–Crippen LogP) is 0.685. The molecule has 1 atom stereocenters. The Balaban J connectivity index is 1.57. The van der Waals surface area contributed by atoms with Crippen molar-refractivity contribution in [2.45, 2.75) is 25.4 Å². The standard InChI is InChI=1S/C16H18N6O3/c1-11-18-19-20-22(11)13-5-2-4-12(8-13)14(23)21-7-3-6-16(10-21)9-17-15(24)25-16/h2,4-5,8H,3,6-7,9-10H2,1H3,(H,17,24). The number of nitrogens with one attached hydrogen (secondary N) is 1. The zero-order valence-electron chi connectivity index (χ0n) is 13.8. The molecule has 9 nitrogen and oxygen atoms in total. The smallest absolute Gasteiger partial charge is 0.407 e. The third-order valence-electron chi connectivity index (χ3n) is 4.65. The molecular weight excluding hydrogens is 324 g/mol. The van der Waals surface area contributed by atoms with E-state index in [-0.39, 0.29) is 5.91 Å². The summed E-state index contributed by atoms with van der Waals surface area (Å²) in [6.07, 6.45) is 1.15. The zero-order valence-corrected chi connectivity index (χ0v) is 13.8. The highest BCUT2D eigenvalue weighted by Crippen LogP contribution is 2.29. The molecule has 9 heteroatoms. The van der Waals surface area contributed by atoms with Gasteiger partial charge in [0.1, 0.15) is 5.60 Å². The van der Waals surface area contributed by atoms with E-state index in [0.717, 1.165) is 18.5 Å². The molecule has 1 unspecified atom stereocenters. The van der Waals surface area contributed by atoms with Crippen LogP contribution in [0.25, 0.3) is 5.69 Å². The zero-order chi connectivity index (χ0) is 17.4. The molecule has 2 aliphatic rings. The molecule has 4 rings (SSSR count). The van der Waals surface area contributed by atoms with Crippen LogP contribution in [0.3, 0.4) is 0 Å². The maximum atomic E-state index is 12.9. The minimum atomic E-state index is -0.602. The highest BCUT2D eigenvalue weighted by atomic mass is 16.6. The van der Waals surface area contributed by atoms with Crippen molar-refractivity contribution < 1.29 is 14.3 Å². The van der Waals surface area contributed by atoms with Gasteiger partial charge in [0, 0.05) is 12.1 Å². The third kappa shape index (κ3) is 2.81. The fourth-order valence-electron chi connectivity index (χ4n) is 3.42. The second-order valence-corrected chi connectivity index (χ2v) is 6.44. The number of hydrogen-bond donors (Lipinski definition) is 1. The maximum Gasteiger partial charge on any atom is 0.407 e. The van der Waals surface area contributed by atoms with E-state index >= 15 is 0 Å². The predicted molar refractivity (Wildman–Crippen MR) is 86.2 cm³/mol. The number of rotatable bonds is 2. The van der Waals surface area contributed by atoms with Gasteiger partial charge in [-0.15, -0.1) is 5.10 Å². The summed E-state index contributed by atoms with van der Waals surface area (Å²) in [7, 11) is 0. The first-order valence-electron chi connectivity index (χ1n) is 8.18. The van der Waals surface area contributed by atoms with Crippen molar-refractivity contribution >= 4 is 12.0 Å². The summed E-state index contributed by atoms with van der Waals surface area (Å²) in [5.74, 6) is 0.556. The molecule has 0 bridgehead atoms. The Labute approximate surface area is 143 Å². The molecule has 0 saturated carbocycles. The molecule has 25 heavy (non-hydrogen) atoms. The Bertz CT molecular complexity index is 835. The number of carbonyl (C=O) groups is 2. The molecule has 1 aromatic carbocycles. The van der Waals surface area contributed by atoms with Gasteiger partial charge in [-0.2, -0.15) is 4.68 Å². The summed E-state index contributed by atoms with van der Waals surface area (Å²) >= 11 is 0. The monoisotopic (exact) mass is 342 g/mol. The molecule has 2 aliphatic heterocycles. The summed E-state index contributed by atoms with van der Waals surface area (Å²) in [4.78, 5) is 26.1. The molecule has 2 saturated heterocycles. The van der Waals surface area contributed by atoms with Gasteiger partial charge >= 0.3 is 6.09 Å². The van der Waals surface area contributed by atoms with Crippen LogP contribution >= 0.6 is 0 Å². The van der Waals surface area contributed by atoms with Gasteiger partial charge in [-0.05, 0) is 48.4 Å². The Morgan fingerprint density at radius 2 is 2.28 bits per heavy atom. The van der Waals surface area contributed by atoms with Crippen LogP contribution in [0.2, 0.25) is 0 Å². The number of amides is 2. The Hall–Kier alpha value is -2.97. The first kappa shape index (κ1) is 15.6. The van der Waals surface area contributed by atoms with Crippen molar-refractivity contribution in [2.75, 3.05) is 19.6 Å². The fraction of sp³-hybridized carbons (Fsp3) is 0.438. The Kier molecular flexibility index (Phi) is 3.63. The van der Waals surface area contributed by atoms with E-state index in [4.69, 9.17) is 4.74 Å². The van der Waals surface area contributed by atoms with Gasteiger partial charge < -0.3 is 15.0 Å². The molecule has 2 aromatic rings. The number of carbonyl (C=O) groups excluding carboxylic acids is 2. The van der Waals surface area contributed by atoms with Gasteiger partial charge in [-0.1, -0.05) is 6.07 Å². The minimum Gasteiger partial charge on any atom is -0.439 e. The van der Waals surface area contributed by atoms with Gasteiger partial charge in [0.05, 0.1) is 18.8 Å². The van der Waals surface area contributed by atoms with Crippen molar-refractivity contribution in [3.05, 3.63) is 35.7 Å². The van der Waals surface area contributed by atoms with Crippen molar-refractivity contribution in [3.8, 4) is 5.69 Å². The Morgan fingerprint density at radius 1 is 1.40 bits per heavy atom. The van der Waals surface area contributed by atoms with Crippen LogP contribution in [0.1, 0.15) is 29.0 Å². The van der Waals surface area contributed by atoms with Gasteiger partial charge in [-0.3, -0.25) is 4.79 Å². The number of aryl methyl sites for hydroxylation is 1. The SMILES string of the molecule is Cc1nnnn1-c1cccc(C(=O)N2CCCC3(CNC(=O)O3)C2)c1. The topological polar surface area (TPSA) is 102 Å². The molecule has 0 radical (unpaired) electrons. The first-order chi connectivity index (χ1) is 12.1. The molecule has 0 aliphatic carbocycles. The normalized spacial score (nSPS) is 22.8. The average Bonchev–Trinajstić information content (AvgIpc) is 3.20. The van der Waals surface area contributed by atoms with E-state index in [0.29, 0.717) is 31.0 Å². The van der Waals surface area contributed by atoms with Gasteiger partial charge in [0.15, 0.2) is 5.82 Å². The molecule has 3 heterocycles. The van der Waals surface area contributed by atoms with Crippen molar-refractivity contribution in [3.63, 3.8) is 0 Å². The molecule has 2 amide bonds. The number of alkyl carbamates (subject to hydrolysis) is 1. The van der Waals surface area contributed by atoms with Crippen molar-refractivity contribution in [2.24, 2.45) is 0 Å². The van der Waals surface area contributed by atoms with Crippen LogP contribution in [0.4, 0.5) is 4.79 Å². The van der Waals surface area contributed by atoms with Crippen molar-refractivity contribution in [1.82, 2.24) is 30.4 Å². The fourth-order valence-corrected chi connectivity index (χ4v) is 3.42. The molecule has 1 aromatic heterocycles. The van der Waals surface area contributed by atoms with Crippen LogP contribution < -0.4 is 5.32 Å². The molecule has 1 N–H and O–H groups in total. The lowest BCUT2D eigenvalue weighted by Crippen LogP contribution is -2.52. The van der Waals surface area contributed by atoms with E-state index in [2.05, 4.69) is 20.8 Å². The van der Waals surface area contributed by atoms with Gasteiger partial charge in [0.25, 0.3) is 5.91 Å². The lowest BCUT2D eigenvalue weighted by atomic mass is 9.92. The van der Waals surface area contributed by atoms with Gasteiger partial charge in [0.2, 0.25) is 0 Å². The summed E-state index contributed by atoms with van der Waals surface area (Å²) in [6, 6.07) is 7.19. The highest BCUT2D eigenvalue weighted by molar-refractivity contribution is 5.95. The number of hydrogen-bond acceptors (Lipinski definition) is 6. The van der Waals surface area contributed by atoms with E-state index in [1.807, 2.05) is 6.07 Å². The van der Waals surface area contributed by atoms with E-state index in [9.17, 15) is 9.59 Å². The van der Waals surface area contributed by atoms with Crippen LogP contribution in [0.15, 0.2) is 24.3 Å². The maximum absolute atomic E-state index is 12.9. The summed E-state index contributed by atoms with van der Waals surface area (Å²) in [5.41, 5.74) is 0.686. The number of aromatic nitrogens is 4. The largest absolute Gasteiger partial charge is 0.439 e. The van der Waals surface area contributed by atoms with Crippen LogP contribution in [-0.2, 0) is 4.74 Å². The number of likely N-dealkylation sites (tertiary alicyclic amines) is 1. The highest BCUT2D eigenvalue weighted by Gasteiger charge is 2.44. The Morgan fingerprint density at radius 3 is 3.00 bits per heavy atom. The van der Waals surface area contributed by atoms with Crippen LogP contribution in [0, 0.1) is 6.92 Å². The lowest BCUT2D eigenvalue weighted by molar-refractivity contribution is -0.00503. The first-order valence-corrected chi connectivity index (χ1v) is 8.18. The average molecular weight is 342 g/mol. The second kappa shape index (κ2) is 5.83. The summed E-state index contributed by atoms with van der Waals surface area (Å²) in [5, 5.41) is 14.1. The number of nitrogens with zero attached hydrogens (tertiary/aromatic N) is 5. The second-order valence-electron chi connectivity index (χ2n) is 6.44. The van der Waals surface area contributed by atoms with E-state index in [1.165, 1.54) is 0 Å². The van der Waals surface area contributed by atoms with Crippen LogP contribution in [0.5, 0.6) is 0 Å². The third-order valence-corrected chi connectivity index (χ3v) is 4.65. The summed E-state index contributed by atoms with van der Waals surface area (Å²) < 4.78 is 7.01. The molecule has 130 valence electrons. The molecule has 2 fully saturated rings. The van der Waals surface area contributed by atoms with Gasteiger partial charge in [-0.25, -0.2) is 4.79 Å². The minimum absolute atomic E-state index is 0.0883. The van der Waals surface area contributed by atoms with E-state index in [1.54, 1.807) is 34.7 Å². The summed E-state index contributed by atoms with van der Waals surface area (Å²) in [6.45, 7) is 3.29. The van der Waals surface area contributed by atoms with E-state index < -0.39 is 11.7 Å². The number of benzene rings is 1. The van der Waals surface area contributed by atoms with Crippen LogP contribution in [-0.4, -0.2) is 62.3 Å². The quantitative estimate of drug-likeness (QED) is 0.861. The number of ether oxygens (including phenoxy) is 1. The lowest BCUT2D eigenvalue weighted by Gasteiger charge is -2.38. The molecular formula is C16H18N6O3. The number of piperidine rings is 1. The van der Waals surface area contributed by atoms with Crippen molar-refractivity contribution in [1.29, 1.82) is 0 Å². The molecule has 1 spiro atoms. The number of tetrazole rings is 1.